The summed E-state index contributed by atoms with van der Waals surface area (Å²) in [5.41, 5.74) is 15.4. The molecule has 284 valence electrons. The fourth-order valence-electron chi connectivity index (χ4n) is 9.98. The maximum Gasteiger partial charge on any atom is 0.164 e. The Morgan fingerprint density at radius 2 is 0.967 bits per heavy atom. The van der Waals surface area contributed by atoms with Crippen LogP contribution in [0.25, 0.3) is 106 Å². The first kappa shape index (κ1) is 33.8. The van der Waals surface area contributed by atoms with Gasteiger partial charge >= 0.3 is 0 Å². The van der Waals surface area contributed by atoms with Gasteiger partial charge in [0.1, 0.15) is 0 Å². The van der Waals surface area contributed by atoms with E-state index in [-0.39, 0.29) is 0 Å². The molecule has 1 atom stereocenters. The van der Waals surface area contributed by atoms with Gasteiger partial charge in [-0.05, 0) is 65.1 Å². The van der Waals surface area contributed by atoms with Gasteiger partial charge in [-0.1, -0.05) is 158 Å². The predicted molar refractivity (Wildman–Crippen MR) is 245 cm³/mol. The number of hydrogen-bond acceptors (Lipinski definition) is 5. The van der Waals surface area contributed by atoms with E-state index >= 15 is 0 Å². The van der Waals surface area contributed by atoms with Crippen molar-refractivity contribution in [3.05, 3.63) is 205 Å². The summed E-state index contributed by atoms with van der Waals surface area (Å²) in [6, 6.07) is 66.4. The van der Waals surface area contributed by atoms with E-state index in [0.717, 1.165) is 66.7 Å². The van der Waals surface area contributed by atoms with Crippen molar-refractivity contribution >= 4 is 32.7 Å². The second kappa shape index (κ2) is 12.7. The lowest BCUT2D eigenvalue weighted by atomic mass is 9.73. The highest BCUT2D eigenvalue weighted by Crippen LogP contribution is 2.56. The molecule has 0 saturated carbocycles. The van der Waals surface area contributed by atoms with Crippen LogP contribution in [0.4, 0.5) is 0 Å². The van der Waals surface area contributed by atoms with Gasteiger partial charge in [0.2, 0.25) is 0 Å². The highest BCUT2D eigenvalue weighted by Gasteiger charge is 2.43. The molecule has 6 heteroatoms. The Morgan fingerprint density at radius 3 is 1.70 bits per heavy atom. The van der Waals surface area contributed by atoms with Crippen LogP contribution >= 0.6 is 0 Å². The van der Waals surface area contributed by atoms with Crippen molar-refractivity contribution in [2.75, 3.05) is 0 Å². The molecule has 2 aliphatic rings. The van der Waals surface area contributed by atoms with Crippen LogP contribution < -0.4 is 0 Å². The Labute approximate surface area is 351 Å². The maximum atomic E-state index is 5.64. The third-order valence-corrected chi connectivity index (χ3v) is 12.9. The van der Waals surface area contributed by atoms with Crippen LogP contribution in [-0.2, 0) is 5.41 Å². The summed E-state index contributed by atoms with van der Waals surface area (Å²) in [7, 11) is 0. The van der Waals surface area contributed by atoms with Crippen molar-refractivity contribution in [1.29, 1.82) is 0 Å². The monoisotopic (exact) mass is 778 g/mol. The fourth-order valence-corrected chi connectivity index (χ4v) is 9.98. The number of para-hydroxylation sites is 2. The molecule has 4 bridgehead atoms. The van der Waals surface area contributed by atoms with E-state index in [1.165, 1.54) is 33.0 Å². The van der Waals surface area contributed by atoms with Gasteiger partial charge in [-0.2, -0.15) is 0 Å². The Morgan fingerprint density at radius 1 is 0.361 bits per heavy atom. The van der Waals surface area contributed by atoms with Crippen LogP contribution in [-0.4, -0.2) is 29.5 Å². The van der Waals surface area contributed by atoms with Crippen LogP contribution in [0.15, 0.2) is 188 Å². The Kier molecular flexibility index (Phi) is 7.05. The minimum atomic E-state index is -0.505. The van der Waals surface area contributed by atoms with Gasteiger partial charge in [-0.25, -0.2) is 24.9 Å². The molecule has 0 radical (unpaired) electrons. The Hall–Kier alpha value is -8.09. The number of rotatable bonds is 4. The molecule has 1 aliphatic heterocycles. The van der Waals surface area contributed by atoms with Crippen LogP contribution in [0.2, 0.25) is 0 Å². The molecule has 8 aromatic carbocycles. The lowest BCUT2D eigenvalue weighted by molar-refractivity contribution is 0.719. The highest BCUT2D eigenvalue weighted by atomic mass is 15.0. The van der Waals surface area contributed by atoms with Crippen molar-refractivity contribution in [3.63, 3.8) is 0 Å². The molecule has 13 rings (SSSR count). The third kappa shape index (κ3) is 4.87. The number of nitrogens with zero attached hydrogens (tertiary/aromatic N) is 6. The lowest BCUT2D eigenvalue weighted by Gasteiger charge is -2.29. The molecular formula is C55H34N6. The van der Waals surface area contributed by atoms with Gasteiger partial charge in [0.15, 0.2) is 23.3 Å². The molecule has 0 amide bonds. The number of benzene rings is 8. The summed E-state index contributed by atoms with van der Waals surface area (Å²) in [5.74, 6) is 2.47. The van der Waals surface area contributed by atoms with Gasteiger partial charge in [0, 0.05) is 49.4 Å². The molecule has 0 fully saturated rings. The summed E-state index contributed by atoms with van der Waals surface area (Å²) >= 11 is 0. The normalized spacial score (nSPS) is 14.7. The molecule has 6 nitrogen and oxygen atoms in total. The summed E-state index contributed by atoms with van der Waals surface area (Å²) < 4.78 is 2.41. The van der Waals surface area contributed by atoms with E-state index < -0.39 is 5.41 Å². The van der Waals surface area contributed by atoms with Crippen molar-refractivity contribution in [3.8, 4) is 73.6 Å². The summed E-state index contributed by atoms with van der Waals surface area (Å²) in [6.45, 7) is 2.38. The average molecular weight is 779 g/mol. The highest BCUT2D eigenvalue weighted by molar-refractivity contribution is 6.13. The molecule has 11 aromatic rings. The van der Waals surface area contributed by atoms with Gasteiger partial charge in [-0.15, -0.1) is 0 Å². The molecule has 0 N–H and O–H groups in total. The predicted octanol–water partition coefficient (Wildman–Crippen LogP) is 12.9. The largest absolute Gasteiger partial charge is 0.308 e. The van der Waals surface area contributed by atoms with Gasteiger partial charge < -0.3 is 4.57 Å². The Bertz CT molecular complexity index is 3540. The molecular weight excluding hydrogens is 745 g/mol. The van der Waals surface area contributed by atoms with Crippen LogP contribution in [0, 0.1) is 0 Å². The average Bonchev–Trinajstić information content (AvgIpc) is 3.79. The summed E-state index contributed by atoms with van der Waals surface area (Å²) in [4.78, 5) is 26.5. The second-order valence-corrected chi connectivity index (χ2v) is 16.2. The second-order valence-electron chi connectivity index (χ2n) is 16.2. The van der Waals surface area contributed by atoms with E-state index in [0.29, 0.717) is 23.3 Å². The lowest BCUT2D eigenvalue weighted by Crippen LogP contribution is -2.23. The molecule has 1 aliphatic carbocycles. The number of fused-ring (bicyclic) bond motifs is 11. The molecule has 3 aromatic heterocycles. The zero-order valence-corrected chi connectivity index (χ0v) is 33.1. The molecule has 1 unspecified atom stereocenters. The molecule has 61 heavy (non-hydrogen) atoms. The van der Waals surface area contributed by atoms with Crippen LogP contribution in [0.5, 0.6) is 0 Å². The van der Waals surface area contributed by atoms with E-state index in [1.807, 2.05) is 60.7 Å². The van der Waals surface area contributed by atoms with Crippen molar-refractivity contribution < 1.29 is 0 Å². The zero-order chi connectivity index (χ0) is 40.2. The van der Waals surface area contributed by atoms with E-state index in [1.54, 1.807) is 0 Å². The summed E-state index contributed by atoms with van der Waals surface area (Å²) in [6.07, 6.45) is 0. The molecule has 0 spiro atoms. The zero-order valence-electron chi connectivity index (χ0n) is 33.1. The maximum absolute atomic E-state index is 5.64. The third-order valence-electron chi connectivity index (χ3n) is 12.9. The van der Waals surface area contributed by atoms with E-state index in [2.05, 4.69) is 139 Å². The summed E-state index contributed by atoms with van der Waals surface area (Å²) in [5, 5.41) is 3.40. The van der Waals surface area contributed by atoms with Gasteiger partial charge in [-0.3, -0.25) is 0 Å². The topological polar surface area (TPSA) is 69.4 Å². The van der Waals surface area contributed by atoms with Gasteiger partial charge in [0.25, 0.3) is 0 Å². The minimum Gasteiger partial charge on any atom is -0.308 e. The SMILES string of the molecule is CC12c3ccccc3-c3cc4c5ccccc5n(c4cc31)-c1cc(-c3nc(-c4ccccc4)nc(-c4ccccc4)n3)ccc1-c1nc(-c3ccccc3)c3cccc2c3n1. The van der Waals surface area contributed by atoms with Crippen molar-refractivity contribution in [2.24, 2.45) is 0 Å². The number of hydrogen-bond donors (Lipinski definition) is 0. The number of aromatic nitrogens is 6. The first-order valence-electron chi connectivity index (χ1n) is 20.7. The standard InChI is InChI=1S/C55H34N6/c1-55-43-25-13-11-22-37(43)41-31-42-38-23-12-14-27-46(38)61(48(42)32-45(41)55)47-30-36(53-59-51(34-18-7-3-8-19-34)58-52(60-53)35-20-9-4-10-21-35)28-29-39(47)54-56-49(33-16-5-2-6-17-33)40-24-15-26-44(55)50(40)57-54/h2-32H,1H3. The van der Waals surface area contributed by atoms with Crippen molar-refractivity contribution in [2.45, 2.75) is 12.3 Å². The van der Waals surface area contributed by atoms with Crippen molar-refractivity contribution in [1.82, 2.24) is 29.5 Å². The molecule has 4 heterocycles. The first-order chi connectivity index (χ1) is 30.1. The Balaban J connectivity index is 1.18. The van der Waals surface area contributed by atoms with E-state index in [4.69, 9.17) is 24.9 Å². The van der Waals surface area contributed by atoms with Gasteiger partial charge in [0.05, 0.1) is 27.9 Å². The minimum absolute atomic E-state index is 0.505. The quantitative estimate of drug-likeness (QED) is 0.178. The fraction of sp³-hybridized carbons (Fsp3) is 0.0364. The first-order valence-corrected chi connectivity index (χ1v) is 20.7. The smallest absolute Gasteiger partial charge is 0.164 e. The van der Waals surface area contributed by atoms with E-state index in [9.17, 15) is 0 Å². The van der Waals surface area contributed by atoms with Crippen LogP contribution in [0.3, 0.4) is 0 Å². The molecule has 0 saturated heterocycles. The van der Waals surface area contributed by atoms with Crippen LogP contribution in [0.1, 0.15) is 23.6 Å².